The molecule has 0 N–H and O–H groups in total. The van der Waals surface area contributed by atoms with E-state index in [9.17, 15) is 0 Å². The molecule has 0 amide bonds. The van der Waals surface area contributed by atoms with E-state index in [4.69, 9.17) is 14.5 Å². The van der Waals surface area contributed by atoms with Crippen molar-refractivity contribution in [2.45, 2.75) is 40.5 Å². The minimum Gasteiger partial charge on any atom is -0.450 e. The molecular formula is C36H34FN5O2+2. The van der Waals surface area contributed by atoms with Gasteiger partial charge in [-0.25, -0.2) is 9.55 Å². The largest absolute Gasteiger partial charge is 0.450 e. The van der Waals surface area contributed by atoms with Gasteiger partial charge in [0.05, 0.1) is 41.3 Å². The molecule has 5 aromatic heterocycles. The highest BCUT2D eigenvalue weighted by Gasteiger charge is 2.28. The molecule has 0 unspecified atom stereocenters. The average Bonchev–Trinajstić information content (AvgIpc) is 3.31. The predicted molar refractivity (Wildman–Crippen MR) is 169 cm³/mol. The summed E-state index contributed by atoms with van der Waals surface area (Å²) in [6.45, 7) is 9.93. The molecule has 5 heterocycles. The third-order valence-electron chi connectivity index (χ3n) is 8.59. The maximum absolute atomic E-state index is 15.5. The van der Waals surface area contributed by atoms with Gasteiger partial charge < -0.3 is 9.47 Å². The molecule has 0 aliphatic heterocycles. The number of imidazole rings is 1. The average molecular weight is 588 g/mol. The molecule has 44 heavy (non-hydrogen) atoms. The Kier molecular flexibility index (Phi) is 6.46. The Morgan fingerprint density at radius 2 is 1.57 bits per heavy atom. The van der Waals surface area contributed by atoms with E-state index in [2.05, 4.69) is 77.3 Å². The van der Waals surface area contributed by atoms with Crippen LogP contribution in [0, 0.1) is 26.7 Å². The van der Waals surface area contributed by atoms with E-state index in [-0.39, 0.29) is 11.7 Å². The van der Waals surface area contributed by atoms with Crippen molar-refractivity contribution in [1.29, 1.82) is 0 Å². The van der Waals surface area contributed by atoms with Crippen LogP contribution in [-0.4, -0.2) is 14.4 Å². The molecule has 7 rings (SSSR count). The van der Waals surface area contributed by atoms with Crippen molar-refractivity contribution < 1.29 is 23.0 Å². The van der Waals surface area contributed by atoms with Crippen molar-refractivity contribution in [3.05, 3.63) is 101 Å². The van der Waals surface area contributed by atoms with E-state index in [0.717, 1.165) is 44.0 Å². The van der Waals surface area contributed by atoms with Crippen LogP contribution in [0.15, 0.2) is 73.1 Å². The second-order valence-electron chi connectivity index (χ2n) is 11.7. The molecule has 0 spiro atoms. The van der Waals surface area contributed by atoms with Gasteiger partial charge in [0.1, 0.15) is 18.3 Å². The van der Waals surface area contributed by atoms with Crippen molar-refractivity contribution in [2.24, 2.45) is 14.1 Å². The zero-order chi connectivity index (χ0) is 30.9. The summed E-state index contributed by atoms with van der Waals surface area (Å²) in [5.41, 5.74) is 8.20. The molecule has 0 saturated carbocycles. The number of para-hydroxylation sites is 2. The molecule has 2 aromatic carbocycles. The topological polar surface area (TPSA) is 56.4 Å². The predicted octanol–water partition coefficient (Wildman–Crippen LogP) is 7.61. The summed E-state index contributed by atoms with van der Waals surface area (Å²) >= 11 is 0. The molecule has 220 valence electrons. The Morgan fingerprint density at radius 1 is 0.818 bits per heavy atom. The molecule has 0 bridgehead atoms. The van der Waals surface area contributed by atoms with Crippen LogP contribution in [0.5, 0.6) is 23.1 Å². The van der Waals surface area contributed by atoms with E-state index in [1.165, 1.54) is 5.56 Å². The van der Waals surface area contributed by atoms with Crippen molar-refractivity contribution in [2.75, 3.05) is 0 Å². The van der Waals surface area contributed by atoms with Gasteiger partial charge in [-0.05, 0) is 56.5 Å². The lowest BCUT2D eigenvalue weighted by molar-refractivity contribution is -0.675. The van der Waals surface area contributed by atoms with Crippen LogP contribution in [0.3, 0.4) is 0 Å². The Bertz CT molecular complexity index is 2290. The van der Waals surface area contributed by atoms with E-state index in [1.807, 2.05) is 42.9 Å². The molecule has 0 fully saturated rings. The van der Waals surface area contributed by atoms with Gasteiger partial charge in [-0.3, -0.25) is 4.98 Å². The summed E-state index contributed by atoms with van der Waals surface area (Å²) < 4.78 is 34.5. The van der Waals surface area contributed by atoms with Gasteiger partial charge in [0, 0.05) is 17.2 Å². The number of benzene rings is 2. The van der Waals surface area contributed by atoms with Gasteiger partial charge >= 0.3 is 5.88 Å². The van der Waals surface area contributed by atoms with Gasteiger partial charge in [0.25, 0.3) is 11.6 Å². The van der Waals surface area contributed by atoms with E-state index in [0.29, 0.717) is 28.6 Å². The van der Waals surface area contributed by atoms with Crippen molar-refractivity contribution >= 4 is 38.5 Å². The van der Waals surface area contributed by atoms with Crippen LogP contribution >= 0.6 is 0 Å². The summed E-state index contributed by atoms with van der Waals surface area (Å²) in [6, 6.07) is 20.5. The van der Waals surface area contributed by atoms with Crippen molar-refractivity contribution in [1.82, 2.24) is 14.4 Å². The minimum atomic E-state index is -0.700. The third kappa shape index (κ3) is 4.08. The standard InChI is InChI=1S/C36H34FN5O2/c1-20(2)24-13-12-16-27-31(24)32-30(36-41(7)25-14-8-9-15-26(25)42(27)36)21(3)28(19-38-32)43-34-22(4)33(23(5)39-35(34)37)44-29-17-10-11-18-40(29)6/h8-20H,1-7H3/q+2. The molecule has 0 atom stereocenters. The van der Waals surface area contributed by atoms with Gasteiger partial charge in [0.2, 0.25) is 0 Å². The molecule has 0 aliphatic rings. The summed E-state index contributed by atoms with van der Waals surface area (Å²) in [5, 5.41) is 2.06. The van der Waals surface area contributed by atoms with Gasteiger partial charge in [-0.1, -0.05) is 38.1 Å². The number of pyridine rings is 4. The highest BCUT2D eigenvalue weighted by molar-refractivity contribution is 6.13. The molecular weight excluding hydrogens is 553 g/mol. The van der Waals surface area contributed by atoms with Crippen LogP contribution in [0.2, 0.25) is 0 Å². The van der Waals surface area contributed by atoms with Crippen LogP contribution in [0.1, 0.15) is 42.1 Å². The molecule has 7 nitrogen and oxygen atoms in total. The summed E-state index contributed by atoms with van der Waals surface area (Å²) in [7, 11) is 3.96. The number of hydrogen-bond donors (Lipinski definition) is 0. The first-order valence-electron chi connectivity index (χ1n) is 14.8. The van der Waals surface area contributed by atoms with Gasteiger partial charge in [-0.2, -0.15) is 13.4 Å². The summed E-state index contributed by atoms with van der Waals surface area (Å²) in [6.07, 6.45) is 3.59. The lowest BCUT2D eigenvalue weighted by Gasteiger charge is -2.17. The molecule has 0 aliphatic carbocycles. The molecule has 7 aromatic rings. The Balaban J connectivity index is 1.49. The van der Waals surface area contributed by atoms with Crippen LogP contribution < -0.4 is 18.6 Å². The summed E-state index contributed by atoms with van der Waals surface area (Å²) in [5.74, 6) is 1.11. The zero-order valence-corrected chi connectivity index (χ0v) is 25.9. The van der Waals surface area contributed by atoms with Crippen LogP contribution in [0.25, 0.3) is 38.5 Å². The first-order chi connectivity index (χ1) is 21.2. The number of aryl methyl sites for hydroxylation is 4. The first kappa shape index (κ1) is 27.7. The maximum Gasteiger partial charge on any atom is 0.373 e. The first-order valence-corrected chi connectivity index (χ1v) is 14.8. The van der Waals surface area contributed by atoms with E-state index in [1.54, 1.807) is 20.0 Å². The number of fused-ring (bicyclic) bond motifs is 8. The minimum absolute atomic E-state index is 0.0121. The molecule has 0 radical (unpaired) electrons. The van der Waals surface area contributed by atoms with E-state index >= 15 is 4.39 Å². The Labute approximate surface area is 254 Å². The second-order valence-corrected chi connectivity index (χ2v) is 11.7. The monoisotopic (exact) mass is 587 g/mol. The van der Waals surface area contributed by atoms with Crippen LogP contribution in [0.4, 0.5) is 4.39 Å². The fraction of sp³-hybridized carbons (Fsp3) is 0.222. The van der Waals surface area contributed by atoms with Crippen molar-refractivity contribution in [3.63, 3.8) is 0 Å². The Morgan fingerprint density at radius 3 is 2.34 bits per heavy atom. The number of hydrogen-bond acceptors (Lipinski definition) is 4. The Hall–Kier alpha value is -5.11. The quantitative estimate of drug-likeness (QED) is 0.118. The fourth-order valence-corrected chi connectivity index (χ4v) is 6.35. The van der Waals surface area contributed by atoms with Crippen LogP contribution in [-0.2, 0) is 14.1 Å². The number of aromatic nitrogens is 5. The second kappa shape index (κ2) is 10.3. The fourth-order valence-electron chi connectivity index (χ4n) is 6.35. The zero-order valence-electron chi connectivity index (χ0n) is 25.9. The van der Waals surface area contributed by atoms with Gasteiger partial charge in [-0.15, -0.1) is 0 Å². The molecule has 0 saturated heterocycles. The highest BCUT2D eigenvalue weighted by atomic mass is 19.1. The lowest BCUT2D eigenvalue weighted by atomic mass is 9.95. The maximum atomic E-state index is 15.5. The normalized spacial score (nSPS) is 11.8. The number of rotatable bonds is 5. The van der Waals surface area contributed by atoms with Crippen molar-refractivity contribution in [3.8, 4) is 23.1 Å². The number of nitrogens with zero attached hydrogens (tertiary/aromatic N) is 5. The SMILES string of the molecule is Cc1nc(F)c(Oc2cnc3c4c(C(C)C)cccc4n4c5ccccc5[n+](C)c4c3c2C)c(C)c1Oc1cccc[n+]1C. The number of halogens is 1. The third-order valence-corrected chi connectivity index (χ3v) is 8.59. The highest BCUT2D eigenvalue weighted by Crippen LogP contribution is 2.41. The molecule has 8 heteroatoms. The van der Waals surface area contributed by atoms with Gasteiger partial charge in [0.15, 0.2) is 28.7 Å². The number of ether oxygens (including phenoxy) is 2. The smallest absolute Gasteiger partial charge is 0.373 e. The lowest BCUT2D eigenvalue weighted by Crippen LogP contribution is -2.29. The van der Waals surface area contributed by atoms with E-state index < -0.39 is 5.95 Å². The summed E-state index contributed by atoms with van der Waals surface area (Å²) in [4.78, 5) is 9.18.